The summed E-state index contributed by atoms with van der Waals surface area (Å²) in [6.07, 6.45) is 1.98. The molecule has 3 N–H and O–H groups in total. The minimum atomic E-state index is -3.99. The number of pyridine rings is 1. The Balaban J connectivity index is 2.23. The minimum Gasteiger partial charge on any atom is -0.476 e. The third-order valence-electron chi connectivity index (χ3n) is 2.68. The van der Waals surface area contributed by atoms with Gasteiger partial charge in [0.2, 0.25) is 0 Å². The molecule has 0 unspecified atom stereocenters. The smallest absolute Gasteiger partial charge is 0.356 e. The molecule has 0 amide bonds. The van der Waals surface area contributed by atoms with Crippen LogP contribution in [-0.4, -0.2) is 36.4 Å². The van der Waals surface area contributed by atoms with Crippen LogP contribution in [0.25, 0.3) is 5.65 Å². The summed E-state index contributed by atoms with van der Waals surface area (Å²) in [4.78, 5) is 32.4. The molecule has 0 fully saturated rings. The summed E-state index contributed by atoms with van der Waals surface area (Å²) in [5.41, 5.74) is 1.22. The van der Waals surface area contributed by atoms with Crippen LogP contribution >= 0.6 is 7.60 Å². The first-order chi connectivity index (χ1) is 8.87. The largest absolute Gasteiger partial charge is 0.476 e. The summed E-state index contributed by atoms with van der Waals surface area (Å²) in [6.45, 7) is 0. The number of aromatic nitrogens is 2. The van der Waals surface area contributed by atoms with E-state index < -0.39 is 13.6 Å². The van der Waals surface area contributed by atoms with E-state index in [9.17, 15) is 9.36 Å². The average molecular weight is 284 g/mol. The number of carboxylic acids is 1. The molecule has 0 aliphatic heterocycles. The molecule has 2 aromatic rings. The maximum atomic E-state index is 10.8. The van der Waals surface area contributed by atoms with Crippen LogP contribution < -0.4 is 0 Å². The van der Waals surface area contributed by atoms with Gasteiger partial charge in [-0.05, 0) is 25.0 Å². The Morgan fingerprint density at radius 1 is 1.37 bits per heavy atom. The van der Waals surface area contributed by atoms with Crippen LogP contribution in [0.1, 0.15) is 22.6 Å². The van der Waals surface area contributed by atoms with Crippen LogP contribution in [0.3, 0.4) is 0 Å². The van der Waals surface area contributed by atoms with E-state index in [4.69, 9.17) is 14.9 Å². The fraction of sp³-hybridized carbons (Fsp3) is 0.273. The van der Waals surface area contributed by atoms with Gasteiger partial charge in [-0.3, -0.25) is 4.57 Å². The first-order valence-corrected chi connectivity index (χ1v) is 7.41. The van der Waals surface area contributed by atoms with Crippen LogP contribution in [0.5, 0.6) is 0 Å². The Kier molecular flexibility index (Phi) is 3.71. The molecule has 2 aromatic heterocycles. The molecule has 0 saturated heterocycles. The maximum absolute atomic E-state index is 10.8. The van der Waals surface area contributed by atoms with Gasteiger partial charge in [0.1, 0.15) is 5.65 Å². The van der Waals surface area contributed by atoms with E-state index >= 15 is 0 Å². The summed E-state index contributed by atoms with van der Waals surface area (Å²) in [6, 6.07) is 5.19. The van der Waals surface area contributed by atoms with Gasteiger partial charge < -0.3 is 19.3 Å². The molecule has 2 heterocycles. The predicted octanol–water partition coefficient (Wildman–Crippen LogP) is 1.14. The highest BCUT2D eigenvalue weighted by molar-refractivity contribution is 7.51. The molecule has 0 atom stereocenters. The molecule has 0 spiro atoms. The van der Waals surface area contributed by atoms with Crippen molar-refractivity contribution in [2.75, 3.05) is 6.16 Å². The van der Waals surface area contributed by atoms with E-state index in [1.807, 2.05) is 0 Å². The van der Waals surface area contributed by atoms with Crippen molar-refractivity contribution in [1.29, 1.82) is 0 Å². The number of rotatable bonds is 5. The van der Waals surface area contributed by atoms with E-state index in [1.165, 1.54) is 6.20 Å². The highest BCUT2D eigenvalue weighted by atomic mass is 31.2. The third kappa shape index (κ3) is 3.41. The summed E-state index contributed by atoms with van der Waals surface area (Å²) >= 11 is 0. The van der Waals surface area contributed by atoms with Crippen molar-refractivity contribution < 1.29 is 24.3 Å². The highest BCUT2D eigenvalue weighted by Crippen LogP contribution is 2.35. The van der Waals surface area contributed by atoms with Gasteiger partial charge in [0.25, 0.3) is 0 Å². The number of nitrogens with zero attached hydrogens (tertiary/aromatic N) is 2. The number of hydrogen-bond acceptors (Lipinski definition) is 3. The Bertz CT molecular complexity index is 660. The van der Waals surface area contributed by atoms with Crippen LogP contribution in [0.2, 0.25) is 0 Å². The molecule has 8 heteroatoms. The van der Waals surface area contributed by atoms with E-state index in [1.54, 1.807) is 22.6 Å². The number of carbonyl (C=O) groups is 1. The molecule has 0 aliphatic rings. The Morgan fingerprint density at radius 3 is 2.74 bits per heavy atom. The van der Waals surface area contributed by atoms with Crippen LogP contribution in [-0.2, 0) is 11.0 Å². The van der Waals surface area contributed by atoms with Gasteiger partial charge in [-0.25, -0.2) is 9.78 Å². The molecule has 0 radical (unpaired) electrons. The topological polar surface area (TPSA) is 112 Å². The van der Waals surface area contributed by atoms with Crippen molar-refractivity contribution in [3.05, 3.63) is 35.8 Å². The number of hydrogen-bond donors (Lipinski definition) is 3. The van der Waals surface area contributed by atoms with Crippen molar-refractivity contribution in [2.24, 2.45) is 0 Å². The fourth-order valence-corrected chi connectivity index (χ4v) is 2.41. The molecule has 19 heavy (non-hydrogen) atoms. The lowest BCUT2D eigenvalue weighted by atomic mass is 10.2. The van der Waals surface area contributed by atoms with Gasteiger partial charge >= 0.3 is 13.6 Å². The van der Waals surface area contributed by atoms with Gasteiger partial charge in [-0.2, -0.15) is 0 Å². The SMILES string of the molecule is O=C(O)c1cn2c(CCCP(=O)(O)O)cccc2n1. The summed E-state index contributed by atoms with van der Waals surface area (Å²) in [7, 11) is -3.99. The number of carboxylic acid groups (broad SMARTS) is 1. The number of aromatic carboxylic acids is 1. The standard InChI is InChI=1S/C11H13N2O5P/c14-11(15)9-7-13-8(3-1-5-10(13)12-9)4-2-6-19(16,17)18/h1,3,5,7H,2,4,6H2,(H,14,15)(H2,16,17,18). The van der Waals surface area contributed by atoms with Gasteiger partial charge in [0, 0.05) is 11.9 Å². The second-order valence-electron chi connectivity index (χ2n) is 4.17. The zero-order chi connectivity index (χ0) is 14.0. The molecule has 0 bridgehead atoms. The number of imidazole rings is 1. The molecule has 0 saturated carbocycles. The molecule has 2 rings (SSSR count). The van der Waals surface area contributed by atoms with Gasteiger partial charge in [-0.15, -0.1) is 0 Å². The summed E-state index contributed by atoms with van der Waals surface area (Å²) < 4.78 is 12.4. The molecule has 7 nitrogen and oxygen atoms in total. The molecular formula is C11H13N2O5P. The van der Waals surface area contributed by atoms with Gasteiger partial charge in [-0.1, -0.05) is 6.07 Å². The van der Waals surface area contributed by atoms with E-state index in [2.05, 4.69) is 4.98 Å². The molecular weight excluding hydrogens is 271 g/mol. The van der Waals surface area contributed by atoms with Crippen molar-refractivity contribution in [3.8, 4) is 0 Å². The predicted molar refractivity (Wildman–Crippen MR) is 67.4 cm³/mol. The monoisotopic (exact) mass is 284 g/mol. The van der Waals surface area contributed by atoms with E-state index in [-0.39, 0.29) is 11.9 Å². The zero-order valence-electron chi connectivity index (χ0n) is 9.93. The Morgan fingerprint density at radius 2 is 2.11 bits per heavy atom. The normalized spacial score (nSPS) is 11.9. The molecule has 0 aromatic carbocycles. The van der Waals surface area contributed by atoms with Crippen molar-refractivity contribution >= 4 is 19.2 Å². The Labute approximate surface area is 108 Å². The molecule has 0 aliphatic carbocycles. The fourth-order valence-electron chi connectivity index (χ4n) is 1.84. The zero-order valence-corrected chi connectivity index (χ0v) is 10.8. The van der Waals surface area contributed by atoms with Gasteiger partial charge in [0.05, 0.1) is 6.16 Å². The molecule has 102 valence electrons. The highest BCUT2D eigenvalue weighted by Gasteiger charge is 2.14. The van der Waals surface area contributed by atoms with E-state index in [0.717, 1.165) is 5.69 Å². The van der Waals surface area contributed by atoms with Crippen LogP contribution in [0, 0.1) is 0 Å². The second kappa shape index (κ2) is 5.13. The quantitative estimate of drug-likeness (QED) is 0.710. The van der Waals surface area contributed by atoms with Crippen LogP contribution in [0.15, 0.2) is 24.4 Å². The Hall–Kier alpha value is -1.69. The van der Waals surface area contributed by atoms with E-state index in [0.29, 0.717) is 18.5 Å². The number of fused-ring (bicyclic) bond motifs is 1. The van der Waals surface area contributed by atoms with Crippen molar-refractivity contribution in [2.45, 2.75) is 12.8 Å². The lowest BCUT2D eigenvalue weighted by Crippen LogP contribution is -1.98. The summed E-state index contributed by atoms with van der Waals surface area (Å²) in [5.74, 6) is -1.11. The lowest BCUT2D eigenvalue weighted by molar-refractivity contribution is 0.0691. The first kappa shape index (κ1) is 13.7. The average Bonchev–Trinajstić information content (AvgIpc) is 2.72. The van der Waals surface area contributed by atoms with Gasteiger partial charge in [0.15, 0.2) is 5.69 Å². The minimum absolute atomic E-state index is 0.0533. The van der Waals surface area contributed by atoms with Crippen molar-refractivity contribution in [3.63, 3.8) is 0 Å². The van der Waals surface area contributed by atoms with Crippen LogP contribution in [0.4, 0.5) is 0 Å². The first-order valence-electron chi connectivity index (χ1n) is 5.62. The number of aryl methyl sites for hydroxylation is 1. The third-order valence-corrected chi connectivity index (χ3v) is 3.58. The summed E-state index contributed by atoms with van der Waals surface area (Å²) in [5, 5.41) is 8.88. The maximum Gasteiger partial charge on any atom is 0.356 e. The lowest BCUT2D eigenvalue weighted by Gasteiger charge is -2.06. The second-order valence-corrected chi connectivity index (χ2v) is 5.95. The van der Waals surface area contributed by atoms with Crippen molar-refractivity contribution in [1.82, 2.24) is 9.38 Å².